The summed E-state index contributed by atoms with van der Waals surface area (Å²) in [5.41, 5.74) is -0.239. The van der Waals surface area contributed by atoms with Gasteiger partial charge >= 0.3 is 0 Å². The number of likely N-dealkylation sites (tertiary alicyclic amines) is 1. The number of piperidine rings is 1. The van der Waals surface area contributed by atoms with Crippen LogP contribution in [0.2, 0.25) is 0 Å². The van der Waals surface area contributed by atoms with Crippen molar-refractivity contribution in [1.82, 2.24) is 9.88 Å². The molecule has 1 aromatic heterocycles. The molecule has 6 heteroatoms. The summed E-state index contributed by atoms with van der Waals surface area (Å²) in [4.78, 5) is 20.1. The van der Waals surface area contributed by atoms with Crippen LogP contribution in [0.15, 0.2) is 24.5 Å². The Bertz CT molecular complexity index is 605. The lowest BCUT2D eigenvalue weighted by Crippen LogP contribution is -2.58. The van der Waals surface area contributed by atoms with E-state index < -0.39 is 11.3 Å². The molecule has 1 aromatic rings. The number of aromatic nitrogens is 1. The Morgan fingerprint density at radius 2 is 2.04 bits per heavy atom. The molecule has 3 fully saturated rings. The minimum atomic E-state index is -2.72. The van der Waals surface area contributed by atoms with E-state index in [0.717, 1.165) is 18.5 Å². The van der Waals surface area contributed by atoms with Crippen LogP contribution < -0.4 is 4.90 Å². The van der Waals surface area contributed by atoms with Crippen LogP contribution in [-0.4, -0.2) is 47.9 Å². The van der Waals surface area contributed by atoms with Gasteiger partial charge < -0.3 is 9.80 Å². The van der Waals surface area contributed by atoms with Crippen LogP contribution in [-0.2, 0) is 4.79 Å². The van der Waals surface area contributed by atoms with Gasteiger partial charge in [0.2, 0.25) is 5.91 Å². The van der Waals surface area contributed by atoms with Crippen LogP contribution in [0.4, 0.5) is 14.5 Å². The molecular weight excluding hydrogens is 300 g/mol. The molecule has 3 heterocycles. The number of nitrogens with zero attached hydrogens (tertiary/aromatic N) is 3. The molecule has 1 saturated carbocycles. The van der Waals surface area contributed by atoms with Crippen LogP contribution >= 0.6 is 0 Å². The Kier molecular flexibility index (Phi) is 3.32. The third-order valence-electron chi connectivity index (χ3n) is 5.57. The van der Waals surface area contributed by atoms with Crippen LogP contribution in [0.1, 0.15) is 25.7 Å². The number of hydrogen-bond acceptors (Lipinski definition) is 3. The van der Waals surface area contributed by atoms with Gasteiger partial charge in [0.05, 0.1) is 17.3 Å². The first-order chi connectivity index (χ1) is 11.0. The summed E-state index contributed by atoms with van der Waals surface area (Å²) < 4.78 is 29.5. The topological polar surface area (TPSA) is 36.4 Å². The third-order valence-corrected chi connectivity index (χ3v) is 5.57. The zero-order valence-corrected chi connectivity index (χ0v) is 13.0. The van der Waals surface area contributed by atoms with Gasteiger partial charge in [0.25, 0.3) is 5.92 Å². The van der Waals surface area contributed by atoms with Gasteiger partial charge in [-0.3, -0.25) is 9.78 Å². The lowest BCUT2D eigenvalue weighted by molar-refractivity contribution is -0.169. The highest BCUT2D eigenvalue weighted by atomic mass is 19.3. The van der Waals surface area contributed by atoms with Gasteiger partial charge in [-0.25, -0.2) is 8.78 Å². The van der Waals surface area contributed by atoms with Gasteiger partial charge in [0.15, 0.2) is 0 Å². The minimum Gasteiger partial charge on any atom is -0.369 e. The number of amides is 1. The molecule has 4 rings (SSSR count). The summed E-state index contributed by atoms with van der Waals surface area (Å²) >= 11 is 0. The van der Waals surface area contributed by atoms with Crippen molar-refractivity contribution >= 4 is 11.6 Å². The summed E-state index contributed by atoms with van der Waals surface area (Å²) in [5.74, 6) is -2.54. The second-order valence-electron chi connectivity index (χ2n) is 7.15. The summed E-state index contributed by atoms with van der Waals surface area (Å²) in [6, 6.07) is 3.72. The van der Waals surface area contributed by atoms with E-state index in [2.05, 4.69) is 4.98 Å². The first-order valence-electron chi connectivity index (χ1n) is 8.32. The van der Waals surface area contributed by atoms with Crippen molar-refractivity contribution in [3.8, 4) is 0 Å². The fourth-order valence-corrected chi connectivity index (χ4v) is 3.94. The molecule has 0 N–H and O–H groups in total. The highest BCUT2D eigenvalue weighted by Gasteiger charge is 2.60. The fourth-order valence-electron chi connectivity index (χ4n) is 3.94. The van der Waals surface area contributed by atoms with Gasteiger partial charge in [0.1, 0.15) is 0 Å². The molecule has 2 saturated heterocycles. The van der Waals surface area contributed by atoms with Crippen LogP contribution in [0.3, 0.4) is 0 Å². The van der Waals surface area contributed by atoms with Crippen molar-refractivity contribution in [2.75, 3.05) is 31.1 Å². The Balaban J connectivity index is 1.56. The zero-order valence-electron chi connectivity index (χ0n) is 13.0. The van der Waals surface area contributed by atoms with Crippen molar-refractivity contribution in [2.45, 2.75) is 31.6 Å². The maximum atomic E-state index is 14.7. The predicted molar refractivity (Wildman–Crippen MR) is 82.4 cm³/mol. The van der Waals surface area contributed by atoms with Crippen LogP contribution in [0.5, 0.6) is 0 Å². The Hall–Kier alpha value is -1.72. The van der Waals surface area contributed by atoms with Crippen LogP contribution in [0.25, 0.3) is 0 Å². The number of rotatable bonds is 2. The maximum Gasteiger partial charge on any atom is 0.258 e. The van der Waals surface area contributed by atoms with Gasteiger partial charge in [0, 0.05) is 44.7 Å². The Morgan fingerprint density at radius 3 is 2.74 bits per heavy atom. The van der Waals surface area contributed by atoms with Gasteiger partial charge in [-0.1, -0.05) is 0 Å². The molecule has 2 aliphatic heterocycles. The van der Waals surface area contributed by atoms with Gasteiger partial charge in [-0.05, 0) is 31.4 Å². The second-order valence-corrected chi connectivity index (χ2v) is 7.15. The summed E-state index contributed by atoms with van der Waals surface area (Å²) in [5, 5.41) is 0. The molecule has 1 atom stereocenters. The molecule has 124 valence electrons. The molecule has 1 aliphatic carbocycles. The van der Waals surface area contributed by atoms with Gasteiger partial charge in [-0.15, -0.1) is 0 Å². The van der Waals surface area contributed by atoms with E-state index in [0.29, 0.717) is 19.5 Å². The van der Waals surface area contributed by atoms with E-state index >= 15 is 0 Å². The van der Waals surface area contributed by atoms with E-state index in [1.165, 1.54) is 0 Å². The summed E-state index contributed by atoms with van der Waals surface area (Å²) in [6.45, 7) is 1.26. The largest absolute Gasteiger partial charge is 0.369 e. The fraction of sp³-hybridized carbons (Fsp3) is 0.647. The highest BCUT2D eigenvalue weighted by molar-refractivity contribution is 5.81. The molecule has 0 aromatic carbocycles. The molecule has 0 radical (unpaired) electrons. The number of carbonyl (C=O) groups excluding carboxylic acids is 1. The number of halogens is 2. The van der Waals surface area contributed by atoms with Crippen LogP contribution in [0, 0.1) is 11.3 Å². The zero-order chi connectivity index (χ0) is 16.1. The third kappa shape index (κ3) is 2.48. The van der Waals surface area contributed by atoms with Crippen molar-refractivity contribution < 1.29 is 13.6 Å². The maximum absolute atomic E-state index is 14.7. The summed E-state index contributed by atoms with van der Waals surface area (Å²) in [7, 11) is 0. The van der Waals surface area contributed by atoms with Crippen molar-refractivity contribution in [3.63, 3.8) is 0 Å². The Morgan fingerprint density at radius 1 is 1.22 bits per heavy atom. The van der Waals surface area contributed by atoms with Gasteiger partial charge in [-0.2, -0.15) is 0 Å². The van der Waals surface area contributed by atoms with Crippen molar-refractivity contribution in [3.05, 3.63) is 24.5 Å². The molecule has 4 nitrogen and oxygen atoms in total. The standard InChI is InChI=1S/C17H21F2N3O/c18-17(19)6-9-22(15(23)13-3-4-13)12-16(17)5-8-21(11-16)14-2-1-7-20-10-14/h1-2,7,10,13H,3-6,8-9,11-12H2. The molecule has 3 aliphatic rings. The molecule has 0 bridgehead atoms. The first-order valence-corrected chi connectivity index (χ1v) is 8.32. The lowest BCUT2D eigenvalue weighted by Gasteiger charge is -2.46. The number of carbonyl (C=O) groups is 1. The molecule has 1 unspecified atom stereocenters. The van der Waals surface area contributed by atoms with E-state index in [9.17, 15) is 13.6 Å². The number of pyridine rings is 1. The second kappa shape index (κ2) is 5.14. The average molecular weight is 321 g/mol. The molecular formula is C17H21F2N3O. The predicted octanol–water partition coefficient (Wildman–Crippen LogP) is 2.56. The number of hydrogen-bond donors (Lipinski definition) is 0. The number of alkyl halides is 2. The van der Waals surface area contributed by atoms with Crippen molar-refractivity contribution in [2.24, 2.45) is 11.3 Å². The van der Waals surface area contributed by atoms with E-state index in [4.69, 9.17) is 0 Å². The average Bonchev–Trinajstić information content (AvgIpc) is 3.31. The van der Waals surface area contributed by atoms with E-state index in [1.807, 2.05) is 17.0 Å². The molecule has 1 amide bonds. The molecule has 1 spiro atoms. The van der Waals surface area contributed by atoms with Crippen molar-refractivity contribution in [1.29, 1.82) is 0 Å². The SMILES string of the molecule is O=C(C1CC1)N1CCC(F)(F)C2(CCN(c3cccnc3)C2)C1. The highest BCUT2D eigenvalue weighted by Crippen LogP contribution is 2.50. The normalized spacial score (nSPS) is 30.0. The smallest absolute Gasteiger partial charge is 0.258 e. The Labute approximate surface area is 134 Å². The first kappa shape index (κ1) is 14.8. The molecule has 23 heavy (non-hydrogen) atoms. The summed E-state index contributed by atoms with van der Waals surface area (Å²) in [6.07, 6.45) is 5.43. The van der Waals surface area contributed by atoms with E-state index in [1.54, 1.807) is 17.3 Å². The number of anilines is 1. The quantitative estimate of drug-likeness (QED) is 0.840. The van der Waals surface area contributed by atoms with E-state index in [-0.39, 0.29) is 31.3 Å². The monoisotopic (exact) mass is 321 g/mol. The minimum absolute atomic E-state index is 0.0831. The lowest BCUT2D eigenvalue weighted by atomic mass is 9.75.